The van der Waals surface area contributed by atoms with E-state index < -0.39 is 0 Å². The Labute approximate surface area is 121 Å². The third kappa shape index (κ3) is 2.40. The van der Waals surface area contributed by atoms with Gasteiger partial charge in [-0.3, -0.25) is 9.89 Å². The number of fused-ring (bicyclic) bond motifs is 1. The first-order valence-corrected chi connectivity index (χ1v) is 7.39. The average molecular weight is 342 g/mol. The van der Waals surface area contributed by atoms with Crippen LogP contribution in [0.25, 0.3) is 0 Å². The van der Waals surface area contributed by atoms with E-state index in [9.17, 15) is 9.18 Å². The number of aromatic nitrogens is 2. The van der Waals surface area contributed by atoms with Crippen LogP contribution in [0.3, 0.4) is 0 Å². The second kappa shape index (κ2) is 4.97. The summed E-state index contributed by atoms with van der Waals surface area (Å²) in [5.74, 6) is 0.589. The maximum Gasteiger partial charge on any atom is 0.235 e. The van der Waals surface area contributed by atoms with E-state index in [1.807, 2.05) is 0 Å². The van der Waals surface area contributed by atoms with Crippen molar-refractivity contribution in [1.82, 2.24) is 10.2 Å². The molecule has 0 saturated heterocycles. The molecule has 0 radical (unpaired) electrons. The second-order valence-corrected chi connectivity index (χ2v) is 6.06. The number of hydrogen-bond acceptors (Lipinski definition) is 3. The molecule has 0 saturated carbocycles. The van der Waals surface area contributed by atoms with Crippen molar-refractivity contribution in [3.05, 3.63) is 45.8 Å². The van der Waals surface area contributed by atoms with Crippen molar-refractivity contribution in [2.75, 3.05) is 11.1 Å². The quantitative estimate of drug-likeness (QED) is 0.837. The Morgan fingerprint density at radius 1 is 1.47 bits per heavy atom. The number of carbonyl (C=O) groups is 1. The molecule has 1 aromatic carbocycles. The molecule has 0 spiro atoms. The predicted octanol–water partition coefficient (Wildman–Crippen LogP) is 3.09. The van der Waals surface area contributed by atoms with Crippen LogP contribution in [-0.2, 0) is 4.79 Å². The van der Waals surface area contributed by atoms with Crippen LogP contribution in [0.1, 0.15) is 16.4 Å². The SMILES string of the molecule is O=C1CSC(c2ccc(F)c(Br)c2)c2cn[nH]c2N1. The van der Waals surface area contributed by atoms with Crippen molar-refractivity contribution in [3.63, 3.8) is 0 Å². The van der Waals surface area contributed by atoms with Gasteiger partial charge in [0.2, 0.25) is 5.91 Å². The molecule has 2 aromatic rings. The van der Waals surface area contributed by atoms with E-state index in [4.69, 9.17) is 0 Å². The van der Waals surface area contributed by atoms with Gasteiger partial charge in [-0.25, -0.2) is 4.39 Å². The number of carbonyl (C=O) groups excluding carboxylic acids is 1. The number of rotatable bonds is 1. The first kappa shape index (κ1) is 12.7. The van der Waals surface area contributed by atoms with Crippen molar-refractivity contribution in [2.24, 2.45) is 0 Å². The minimum atomic E-state index is -0.302. The maximum atomic E-state index is 13.3. The van der Waals surface area contributed by atoms with Gasteiger partial charge in [-0.1, -0.05) is 6.07 Å². The monoisotopic (exact) mass is 341 g/mol. The van der Waals surface area contributed by atoms with Crippen molar-refractivity contribution in [1.29, 1.82) is 0 Å². The third-order valence-electron chi connectivity index (χ3n) is 2.84. The molecule has 0 bridgehead atoms. The number of halogens is 2. The zero-order valence-corrected chi connectivity index (χ0v) is 12.0. The fourth-order valence-electron chi connectivity index (χ4n) is 1.97. The molecule has 1 unspecified atom stereocenters. The summed E-state index contributed by atoms with van der Waals surface area (Å²) >= 11 is 4.68. The zero-order valence-electron chi connectivity index (χ0n) is 9.61. The van der Waals surface area contributed by atoms with E-state index in [2.05, 4.69) is 31.4 Å². The normalized spacial score (nSPS) is 18.6. The summed E-state index contributed by atoms with van der Waals surface area (Å²) in [6.45, 7) is 0. The molecule has 4 nitrogen and oxygen atoms in total. The Balaban J connectivity index is 2.05. The van der Waals surface area contributed by atoms with Crippen LogP contribution in [0.15, 0.2) is 28.9 Å². The van der Waals surface area contributed by atoms with Crippen molar-refractivity contribution >= 4 is 39.4 Å². The van der Waals surface area contributed by atoms with Gasteiger partial charge >= 0.3 is 0 Å². The van der Waals surface area contributed by atoms with Crippen LogP contribution in [0, 0.1) is 5.82 Å². The lowest BCUT2D eigenvalue weighted by Crippen LogP contribution is -2.12. The molecule has 1 aliphatic rings. The number of hydrogen-bond donors (Lipinski definition) is 2. The first-order valence-electron chi connectivity index (χ1n) is 5.55. The van der Waals surface area contributed by atoms with Gasteiger partial charge in [0.05, 0.1) is 21.7 Å². The summed E-state index contributed by atoms with van der Waals surface area (Å²) in [6, 6.07) is 4.88. The van der Waals surface area contributed by atoms with Gasteiger partial charge in [-0.2, -0.15) is 5.10 Å². The van der Waals surface area contributed by atoms with Crippen LogP contribution in [0.2, 0.25) is 0 Å². The lowest BCUT2D eigenvalue weighted by atomic mass is 10.1. The second-order valence-electron chi connectivity index (χ2n) is 4.11. The molecule has 7 heteroatoms. The molecular weight excluding hydrogens is 333 g/mol. The summed E-state index contributed by atoms with van der Waals surface area (Å²) in [6.07, 6.45) is 1.69. The number of H-pyrrole nitrogens is 1. The van der Waals surface area contributed by atoms with Crippen LogP contribution in [0.4, 0.5) is 10.2 Å². The molecule has 19 heavy (non-hydrogen) atoms. The highest BCUT2D eigenvalue weighted by Gasteiger charge is 2.26. The third-order valence-corrected chi connectivity index (χ3v) is 4.74. The van der Waals surface area contributed by atoms with E-state index in [0.717, 1.165) is 11.1 Å². The number of thioether (sulfide) groups is 1. The molecule has 0 aliphatic carbocycles. The molecule has 0 fully saturated rings. The van der Waals surface area contributed by atoms with E-state index in [1.54, 1.807) is 18.3 Å². The number of benzene rings is 1. The largest absolute Gasteiger partial charge is 0.310 e. The van der Waals surface area contributed by atoms with Crippen LogP contribution >= 0.6 is 27.7 Å². The maximum absolute atomic E-state index is 13.3. The molecule has 1 aliphatic heterocycles. The van der Waals surface area contributed by atoms with Crippen LogP contribution in [-0.4, -0.2) is 21.9 Å². The van der Waals surface area contributed by atoms with Gasteiger partial charge in [0.1, 0.15) is 11.6 Å². The van der Waals surface area contributed by atoms with Crippen molar-refractivity contribution in [2.45, 2.75) is 5.25 Å². The van der Waals surface area contributed by atoms with Crippen molar-refractivity contribution < 1.29 is 9.18 Å². The van der Waals surface area contributed by atoms with Crippen LogP contribution in [0.5, 0.6) is 0 Å². The Morgan fingerprint density at radius 3 is 3.11 bits per heavy atom. The smallest absolute Gasteiger partial charge is 0.235 e. The molecule has 1 aromatic heterocycles. The van der Waals surface area contributed by atoms with Gasteiger partial charge in [-0.05, 0) is 33.6 Å². The summed E-state index contributed by atoms with van der Waals surface area (Å²) in [5, 5.41) is 9.44. The number of amides is 1. The standard InChI is InChI=1S/C12H9BrFN3OS/c13-8-3-6(1-2-9(8)14)11-7-4-15-17-12(7)16-10(18)5-19-11/h1-4,11H,5H2,(H2,15,16,17,18). The summed E-state index contributed by atoms with van der Waals surface area (Å²) < 4.78 is 13.7. The summed E-state index contributed by atoms with van der Waals surface area (Å²) in [7, 11) is 0. The molecule has 1 atom stereocenters. The Kier molecular flexibility index (Phi) is 3.32. The topological polar surface area (TPSA) is 57.8 Å². The first-order chi connectivity index (χ1) is 9.15. The fraction of sp³-hybridized carbons (Fsp3) is 0.167. The molecule has 98 valence electrons. The van der Waals surface area contributed by atoms with E-state index >= 15 is 0 Å². The van der Waals surface area contributed by atoms with E-state index in [-0.39, 0.29) is 17.0 Å². The molecule has 1 amide bonds. The van der Waals surface area contributed by atoms with E-state index in [0.29, 0.717) is 16.0 Å². The highest BCUT2D eigenvalue weighted by atomic mass is 79.9. The average Bonchev–Trinajstić information content (AvgIpc) is 2.76. The van der Waals surface area contributed by atoms with E-state index in [1.165, 1.54) is 17.8 Å². The number of nitrogens with zero attached hydrogens (tertiary/aromatic N) is 1. The predicted molar refractivity (Wildman–Crippen MR) is 75.6 cm³/mol. The van der Waals surface area contributed by atoms with Gasteiger partial charge in [0.25, 0.3) is 0 Å². The molecule has 2 heterocycles. The minimum absolute atomic E-state index is 0.0513. The van der Waals surface area contributed by atoms with Crippen molar-refractivity contribution in [3.8, 4) is 0 Å². The number of anilines is 1. The zero-order chi connectivity index (χ0) is 13.4. The highest BCUT2D eigenvalue weighted by Crippen LogP contribution is 2.41. The number of aromatic amines is 1. The lowest BCUT2D eigenvalue weighted by Gasteiger charge is -2.14. The van der Waals surface area contributed by atoms with Gasteiger partial charge in [0.15, 0.2) is 0 Å². The Bertz CT molecular complexity index is 646. The number of nitrogens with one attached hydrogen (secondary N) is 2. The highest BCUT2D eigenvalue weighted by molar-refractivity contribution is 9.10. The summed E-state index contributed by atoms with van der Waals surface area (Å²) in [5.41, 5.74) is 1.83. The van der Waals surface area contributed by atoms with Crippen LogP contribution < -0.4 is 5.32 Å². The van der Waals surface area contributed by atoms with Gasteiger partial charge in [0, 0.05) is 5.56 Å². The summed E-state index contributed by atoms with van der Waals surface area (Å²) in [4.78, 5) is 11.6. The Hall–Kier alpha value is -1.34. The molecule has 3 rings (SSSR count). The van der Waals surface area contributed by atoms with Gasteiger partial charge < -0.3 is 5.32 Å². The Morgan fingerprint density at radius 2 is 2.32 bits per heavy atom. The van der Waals surface area contributed by atoms with Gasteiger partial charge in [-0.15, -0.1) is 11.8 Å². The molecule has 2 N–H and O–H groups in total. The molecular formula is C12H9BrFN3OS. The fourth-order valence-corrected chi connectivity index (χ4v) is 3.45. The minimum Gasteiger partial charge on any atom is -0.310 e. The lowest BCUT2D eigenvalue weighted by molar-refractivity contribution is -0.113.